The van der Waals surface area contributed by atoms with E-state index in [0.717, 1.165) is 21.5 Å². The molecule has 1 aromatic heterocycles. The Morgan fingerprint density at radius 1 is 1.40 bits per heavy atom. The Hall–Kier alpha value is -0.670. The summed E-state index contributed by atoms with van der Waals surface area (Å²) in [5.74, 6) is -0.754. The molecule has 0 fully saturated rings. The fraction of sp³-hybridized carbons (Fsp3) is 0.0909. The van der Waals surface area contributed by atoms with E-state index in [1.54, 1.807) is 6.07 Å². The van der Waals surface area contributed by atoms with E-state index >= 15 is 0 Å². The van der Waals surface area contributed by atoms with Crippen LogP contribution in [0.5, 0.6) is 0 Å². The summed E-state index contributed by atoms with van der Waals surface area (Å²) in [6.07, 6.45) is 0. The van der Waals surface area contributed by atoms with Crippen molar-refractivity contribution in [2.45, 2.75) is 11.4 Å². The molecule has 0 spiro atoms. The number of benzene rings is 1. The minimum atomic E-state index is -3.86. The number of thiophene rings is 1. The third-order valence-electron chi connectivity index (χ3n) is 2.40. The quantitative estimate of drug-likeness (QED) is 0.774. The van der Waals surface area contributed by atoms with Crippen molar-refractivity contribution >= 4 is 54.6 Å². The highest BCUT2D eigenvalue weighted by atomic mass is 79.9. The van der Waals surface area contributed by atoms with E-state index in [1.165, 1.54) is 11.3 Å². The number of nitrogens with one attached hydrogen (secondary N) is 1. The van der Waals surface area contributed by atoms with Crippen molar-refractivity contribution in [3.8, 4) is 0 Å². The van der Waals surface area contributed by atoms with Gasteiger partial charge in [0.2, 0.25) is 10.0 Å². The van der Waals surface area contributed by atoms with E-state index in [0.29, 0.717) is 0 Å². The Morgan fingerprint density at radius 2 is 2.10 bits per heavy atom. The summed E-state index contributed by atoms with van der Waals surface area (Å²) >= 11 is 10.4. The minimum absolute atomic E-state index is 0.117. The van der Waals surface area contributed by atoms with Gasteiger partial charge in [0.1, 0.15) is 10.7 Å². The minimum Gasteiger partial charge on any atom is -0.396 e. The molecule has 0 aliphatic heterocycles. The van der Waals surface area contributed by atoms with Gasteiger partial charge in [-0.1, -0.05) is 11.6 Å². The molecular weight excluding hydrogens is 391 g/mol. The van der Waals surface area contributed by atoms with E-state index in [1.807, 2.05) is 5.38 Å². The molecule has 20 heavy (non-hydrogen) atoms. The molecule has 4 nitrogen and oxygen atoms in total. The standard InChI is InChI=1S/C11H9BrClFN2O2S2/c12-6-1-7(19-5-6)4-16-20(17,18)11-3-10(15)9(14)2-8(11)13/h1-3,5,16H,4,15H2. The molecule has 3 N–H and O–H groups in total. The Balaban J connectivity index is 2.24. The van der Waals surface area contributed by atoms with Gasteiger partial charge in [0.25, 0.3) is 0 Å². The molecule has 2 rings (SSSR count). The van der Waals surface area contributed by atoms with E-state index in [9.17, 15) is 12.8 Å². The summed E-state index contributed by atoms with van der Waals surface area (Å²) in [7, 11) is -3.86. The molecule has 0 aliphatic carbocycles. The lowest BCUT2D eigenvalue weighted by atomic mass is 10.3. The molecule has 1 aromatic carbocycles. The van der Waals surface area contributed by atoms with Crippen LogP contribution >= 0.6 is 38.9 Å². The van der Waals surface area contributed by atoms with Crippen LogP contribution in [-0.2, 0) is 16.6 Å². The lowest BCUT2D eigenvalue weighted by Gasteiger charge is -2.09. The molecule has 108 valence electrons. The predicted molar refractivity (Wildman–Crippen MR) is 81.9 cm³/mol. The maximum absolute atomic E-state index is 13.2. The molecule has 0 saturated carbocycles. The second kappa shape index (κ2) is 5.98. The second-order valence-corrected chi connectivity index (χ2v) is 7.91. The van der Waals surface area contributed by atoms with Crippen LogP contribution in [0.15, 0.2) is 32.9 Å². The van der Waals surface area contributed by atoms with E-state index in [4.69, 9.17) is 17.3 Å². The molecule has 0 radical (unpaired) electrons. The Labute approximate surface area is 132 Å². The average molecular weight is 400 g/mol. The summed E-state index contributed by atoms with van der Waals surface area (Å²) in [6, 6.07) is 3.69. The average Bonchev–Trinajstić information content (AvgIpc) is 2.77. The highest BCUT2D eigenvalue weighted by molar-refractivity contribution is 9.10. The van der Waals surface area contributed by atoms with Gasteiger partial charge in [0.15, 0.2) is 0 Å². The molecule has 2 aromatic rings. The zero-order valence-electron chi connectivity index (χ0n) is 9.86. The zero-order valence-corrected chi connectivity index (χ0v) is 13.8. The van der Waals surface area contributed by atoms with Crippen molar-refractivity contribution < 1.29 is 12.8 Å². The molecule has 9 heteroatoms. The Bertz CT molecular complexity index is 749. The maximum atomic E-state index is 13.2. The van der Waals surface area contributed by atoms with Crippen molar-refractivity contribution in [3.63, 3.8) is 0 Å². The van der Waals surface area contributed by atoms with E-state index < -0.39 is 15.8 Å². The Morgan fingerprint density at radius 3 is 2.70 bits per heavy atom. The fourth-order valence-electron chi connectivity index (χ4n) is 1.44. The van der Waals surface area contributed by atoms with Crippen molar-refractivity contribution in [3.05, 3.63) is 43.8 Å². The van der Waals surface area contributed by atoms with Crippen molar-refractivity contribution in [2.24, 2.45) is 0 Å². The van der Waals surface area contributed by atoms with E-state index in [-0.39, 0.29) is 22.2 Å². The first-order valence-electron chi connectivity index (χ1n) is 5.26. The Kier molecular flexibility index (Phi) is 4.70. The fourth-order valence-corrected chi connectivity index (χ4v) is 4.48. The van der Waals surface area contributed by atoms with Crippen LogP contribution in [0.2, 0.25) is 5.02 Å². The van der Waals surface area contributed by atoms with Crippen LogP contribution < -0.4 is 10.5 Å². The molecule has 0 bridgehead atoms. The van der Waals surface area contributed by atoms with Gasteiger partial charge >= 0.3 is 0 Å². The van der Waals surface area contributed by atoms with Gasteiger partial charge in [-0.2, -0.15) is 0 Å². The first kappa shape index (κ1) is 15.7. The van der Waals surface area contributed by atoms with Gasteiger partial charge < -0.3 is 5.73 Å². The van der Waals surface area contributed by atoms with Crippen molar-refractivity contribution in [1.82, 2.24) is 4.72 Å². The molecule has 1 heterocycles. The maximum Gasteiger partial charge on any atom is 0.242 e. The zero-order chi connectivity index (χ0) is 14.9. The lowest BCUT2D eigenvalue weighted by molar-refractivity contribution is 0.581. The molecule has 0 unspecified atom stereocenters. The summed E-state index contributed by atoms with van der Waals surface area (Å²) in [4.78, 5) is 0.584. The topological polar surface area (TPSA) is 72.2 Å². The number of hydrogen-bond donors (Lipinski definition) is 2. The normalized spacial score (nSPS) is 11.8. The van der Waals surface area contributed by atoms with Gasteiger partial charge in [0, 0.05) is 21.3 Å². The number of sulfonamides is 1. The smallest absolute Gasteiger partial charge is 0.242 e. The first-order chi connectivity index (χ1) is 9.29. The highest BCUT2D eigenvalue weighted by Gasteiger charge is 2.20. The summed E-state index contributed by atoms with van der Waals surface area (Å²) < 4.78 is 40.7. The summed E-state index contributed by atoms with van der Waals surface area (Å²) in [5, 5.41) is 1.63. The van der Waals surface area contributed by atoms with Crippen LogP contribution in [-0.4, -0.2) is 8.42 Å². The lowest BCUT2D eigenvalue weighted by Crippen LogP contribution is -2.23. The second-order valence-electron chi connectivity index (χ2n) is 3.86. The van der Waals surface area contributed by atoms with Crippen LogP contribution in [0.3, 0.4) is 0 Å². The third-order valence-corrected chi connectivity index (χ3v) is 5.96. The van der Waals surface area contributed by atoms with Gasteiger partial charge in [0.05, 0.1) is 10.7 Å². The predicted octanol–water partition coefficient (Wildman–Crippen LogP) is 3.36. The molecule has 0 saturated heterocycles. The number of halogens is 3. The number of nitrogens with two attached hydrogens (primary N) is 1. The van der Waals surface area contributed by atoms with Gasteiger partial charge in [-0.15, -0.1) is 11.3 Å². The number of hydrogen-bond acceptors (Lipinski definition) is 4. The van der Waals surface area contributed by atoms with Crippen LogP contribution in [0.1, 0.15) is 4.88 Å². The molecule has 0 aliphatic rings. The summed E-state index contributed by atoms with van der Waals surface area (Å²) in [5.41, 5.74) is 5.10. The monoisotopic (exact) mass is 398 g/mol. The molecular formula is C11H9BrClFN2O2S2. The van der Waals surface area contributed by atoms with Gasteiger partial charge in [-0.05, 0) is 34.1 Å². The number of rotatable bonds is 4. The van der Waals surface area contributed by atoms with Crippen LogP contribution in [0.4, 0.5) is 10.1 Å². The van der Waals surface area contributed by atoms with Gasteiger partial charge in [-0.25, -0.2) is 17.5 Å². The van der Waals surface area contributed by atoms with Crippen molar-refractivity contribution in [1.29, 1.82) is 0 Å². The SMILES string of the molecule is Nc1cc(S(=O)(=O)NCc2cc(Br)cs2)c(Cl)cc1F. The van der Waals surface area contributed by atoms with Crippen molar-refractivity contribution in [2.75, 3.05) is 5.73 Å². The molecule has 0 amide bonds. The first-order valence-corrected chi connectivity index (χ1v) is 8.80. The van der Waals surface area contributed by atoms with Crippen LogP contribution in [0, 0.1) is 5.82 Å². The largest absolute Gasteiger partial charge is 0.396 e. The van der Waals surface area contributed by atoms with E-state index in [2.05, 4.69) is 20.7 Å². The van der Waals surface area contributed by atoms with Gasteiger partial charge in [-0.3, -0.25) is 0 Å². The third kappa shape index (κ3) is 3.50. The number of nitrogen functional groups attached to an aromatic ring is 1. The molecule has 0 atom stereocenters. The van der Waals surface area contributed by atoms with Crippen LogP contribution in [0.25, 0.3) is 0 Å². The number of anilines is 1. The summed E-state index contributed by atoms with van der Waals surface area (Å²) in [6.45, 7) is 0.117. The highest BCUT2D eigenvalue weighted by Crippen LogP contribution is 2.27.